The van der Waals surface area contributed by atoms with E-state index in [0.29, 0.717) is 5.76 Å². The van der Waals surface area contributed by atoms with E-state index in [2.05, 4.69) is 53.2 Å². The molecule has 2 heterocycles. The summed E-state index contributed by atoms with van der Waals surface area (Å²) in [7, 11) is 0. The molecule has 4 rings (SSSR count). The number of hydrogen-bond donors (Lipinski definition) is 1. The van der Waals surface area contributed by atoms with Crippen LogP contribution in [-0.4, -0.2) is 9.67 Å². The molecule has 3 nitrogen and oxygen atoms in total. The van der Waals surface area contributed by atoms with Crippen molar-refractivity contribution in [2.45, 2.75) is 13.2 Å². The van der Waals surface area contributed by atoms with Crippen LogP contribution in [-0.2, 0) is 13.2 Å². The molecule has 0 amide bonds. The lowest BCUT2D eigenvalue weighted by atomic mass is 10.1. The van der Waals surface area contributed by atoms with Gasteiger partial charge in [0.25, 0.3) is 0 Å². The molecule has 0 fully saturated rings. The molecular weight excluding hydrogens is 286 g/mol. The maximum atomic E-state index is 9.21. The first-order chi connectivity index (χ1) is 11.3. The number of benzene rings is 2. The van der Waals surface area contributed by atoms with Crippen molar-refractivity contribution in [1.29, 1.82) is 0 Å². The molecule has 2 aromatic carbocycles. The highest BCUT2D eigenvalue weighted by atomic mass is 16.4. The summed E-state index contributed by atoms with van der Waals surface area (Å²) in [5.74, 6) is 1.37. The maximum Gasteiger partial charge on any atom is 0.136 e. The van der Waals surface area contributed by atoms with Gasteiger partial charge in [-0.1, -0.05) is 48.5 Å². The Morgan fingerprint density at radius 1 is 0.870 bits per heavy atom. The molecule has 2 aromatic heterocycles. The predicted octanol–water partition coefficient (Wildman–Crippen LogP) is 4.44. The Bertz CT molecular complexity index is 935. The summed E-state index contributed by atoms with van der Waals surface area (Å²) in [6, 6.07) is 22.5. The molecule has 0 unspecified atom stereocenters. The zero-order valence-corrected chi connectivity index (χ0v) is 12.6. The Labute approximate surface area is 134 Å². The van der Waals surface area contributed by atoms with Crippen molar-refractivity contribution in [2.75, 3.05) is 0 Å². The van der Waals surface area contributed by atoms with Crippen molar-refractivity contribution in [3.05, 3.63) is 84.3 Å². The van der Waals surface area contributed by atoms with E-state index in [-0.39, 0.29) is 6.61 Å². The number of aliphatic hydroxyl groups is 1. The van der Waals surface area contributed by atoms with Crippen molar-refractivity contribution in [2.24, 2.45) is 0 Å². The van der Waals surface area contributed by atoms with Gasteiger partial charge in [-0.3, -0.25) is 0 Å². The fourth-order valence-electron chi connectivity index (χ4n) is 2.96. The van der Waals surface area contributed by atoms with Crippen LogP contribution in [0.1, 0.15) is 11.3 Å². The Morgan fingerprint density at radius 2 is 1.65 bits per heavy atom. The van der Waals surface area contributed by atoms with Crippen LogP contribution in [0.4, 0.5) is 0 Å². The molecule has 0 saturated heterocycles. The fraction of sp³-hybridized carbons (Fsp3) is 0.100. The van der Waals surface area contributed by atoms with Crippen molar-refractivity contribution in [3.8, 4) is 11.3 Å². The van der Waals surface area contributed by atoms with Gasteiger partial charge in [0.05, 0.1) is 0 Å². The average molecular weight is 303 g/mol. The quantitative estimate of drug-likeness (QED) is 0.605. The highest BCUT2D eigenvalue weighted by molar-refractivity contribution is 5.94. The summed E-state index contributed by atoms with van der Waals surface area (Å²) in [6.07, 6.45) is 2.12. The summed E-state index contributed by atoms with van der Waals surface area (Å²) < 4.78 is 7.96. The van der Waals surface area contributed by atoms with E-state index < -0.39 is 0 Å². The van der Waals surface area contributed by atoms with Crippen molar-refractivity contribution in [3.63, 3.8) is 0 Å². The van der Waals surface area contributed by atoms with Crippen LogP contribution in [0.3, 0.4) is 0 Å². The topological polar surface area (TPSA) is 38.3 Å². The summed E-state index contributed by atoms with van der Waals surface area (Å²) >= 11 is 0. The molecule has 3 heteroatoms. The zero-order chi connectivity index (χ0) is 15.6. The van der Waals surface area contributed by atoms with Gasteiger partial charge in [0.15, 0.2) is 0 Å². The number of rotatable bonds is 4. The number of furan rings is 1. The summed E-state index contributed by atoms with van der Waals surface area (Å²) in [4.78, 5) is 0. The van der Waals surface area contributed by atoms with Gasteiger partial charge < -0.3 is 14.1 Å². The summed E-state index contributed by atoms with van der Waals surface area (Å²) in [5.41, 5.74) is 3.49. The van der Waals surface area contributed by atoms with E-state index in [4.69, 9.17) is 4.42 Å². The molecule has 0 radical (unpaired) electrons. The molecule has 4 aromatic rings. The van der Waals surface area contributed by atoms with Gasteiger partial charge in [-0.05, 0) is 23.8 Å². The molecule has 114 valence electrons. The molecule has 0 aliphatic heterocycles. The Hall–Kier alpha value is -2.78. The van der Waals surface area contributed by atoms with E-state index in [1.165, 1.54) is 11.1 Å². The number of nitrogens with zero attached hydrogens (tertiary/aromatic N) is 1. The Kier molecular flexibility index (Phi) is 3.48. The van der Waals surface area contributed by atoms with Gasteiger partial charge in [0, 0.05) is 29.2 Å². The van der Waals surface area contributed by atoms with Crippen molar-refractivity contribution in [1.82, 2.24) is 4.57 Å². The molecule has 0 spiro atoms. The van der Waals surface area contributed by atoms with E-state index >= 15 is 0 Å². The largest absolute Gasteiger partial charge is 0.459 e. The molecule has 1 N–H and O–H groups in total. The number of para-hydroxylation sites is 1. The maximum absolute atomic E-state index is 9.21. The standard InChI is InChI=1S/C20H17NO2/c22-14-16-10-11-20(23-16)18-13-21(12-15-6-2-1-3-7-15)19-9-5-4-8-17(18)19/h1-11,13,22H,12,14H2. The monoisotopic (exact) mass is 303 g/mol. The van der Waals surface area contributed by atoms with Gasteiger partial charge >= 0.3 is 0 Å². The number of fused-ring (bicyclic) bond motifs is 1. The third-order valence-corrected chi connectivity index (χ3v) is 4.07. The van der Waals surface area contributed by atoms with Gasteiger partial charge in [0.2, 0.25) is 0 Å². The van der Waals surface area contributed by atoms with Crippen molar-refractivity contribution < 1.29 is 9.52 Å². The highest BCUT2D eigenvalue weighted by Gasteiger charge is 2.13. The summed E-state index contributed by atoms with van der Waals surface area (Å²) in [5, 5.41) is 10.4. The van der Waals surface area contributed by atoms with Crippen LogP contribution in [0.2, 0.25) is 0 Å². The van der Waals surface area contributed by atoms with Crippen LogP contribution >= 0.6 is 0 Å². The highest BCUT2D eigenvalue weighted by Crippen LogP contribution is 2.32. The van der Waals surface area contributed by atoms with Crippen LogP contribution in [0.5, 0.6) is 0 Å². The lowest BCUT2D eigenvalue weighted by Gasteiger charge is -2.05. The smallest absolute Gasteiger partial charge is 0.136 e. The van der Waals surface area contributed by atoms with Gasteiger partial charge in [-0.2, -0.15) is 0 Å². The molecule has 0 atom stereocenters. The zero-order valence-electron chi connectivity index (χ0n) is 12.6. The second-order valence-electron chi connectivity index (χ2n) is 5.60. The third kappa shape index (κ3) is 2.56. The predicted molar refractivity (Wildman–Crippen MR) is 91.1 cm³/mol. The lowest BCUT2D eigenvalue weighted by molar-refractivity contribution is 0.248. The Balaban J connectivity index is 1.83. The second kappa shape index (κ2) is 5.78. The number of hydrogen-bond acceptors (Lipinski definition) is 2. The first-order valence-corrected chi connectivity index (χ1v) is 7.67. The van der Waals surface area contributed by atoms with E-state index in [1.807, 2.05) is 24.3 Å². The van der Waals surface area contributed by atoms with Crippen LogP contribution < -0.4 is 0 Å². The lowest BCUT2D eigenvalue weighted by Crippen LogP contribution is -1.97. The SMILES string of the molecule is OCc1ccc(-c2cn(Cc3ccccc3)c3ccccc23)o1. The molecule has 0 bridgehead atoms. The van der Waals surface area contributed by atoms with Crippen LogP contribution in [0, 0.1) is 0 Å². The minimum atomic E-state index is -0.0807. The molecular formula is C20H17NO2. The molecule has 23 heavy (non-hydrogen) atoms. The van der Waals surface area contributed by atoms with Crippen LogP contribution in [0.15, 0.2) is 77.3 Å². The van der Waals surface area contributed by atoms with E-state index in [9.17, 15) is 5.11 Å². The van der Waals surface area contributed by atoms with E-state index in [0.717, 1.165) is 23.3 Å². The fourth-order valence-corrected chi connectivity index (χ4v) is 2.96. The summed E-state index contributed by atoms with van der Waals surface area (Å²) in [6.45, 7) is 0.734. The Morgan fingerprint density at radius 3 is 2.43 bits per heavy atom. The van der Waals surface area contributed by atoms with Crippen molar-refractivity contribution >= 4 is 10.9 Å². The number of aliphatic hydroxyl groups excluding tert-OH is 1. The molecule has 0 saturated carbocycles. The molecule has 0 aliphatic rings. The first kappa shape index (κ1) is 13.9. The van der Waals surface area contributed by atoms with Gasteiger partial charge in [-0.25, -0.2) is 0 Å². The molecule has 0 aliphatic carbocycles. The minimum Gasteiger partial charge on any atom is -0.459 e. The minimum absolute atomic E-state index is 0.0807. The van der Waals surface area contributed by atoms with Crippen LogP contribution in [0.25, 0.3) is 22.2 Å². The van der Waals surface area contributed by atoms with Gasteiger partial charge in [0.1, 0.15) is 18.1 Å². The number of aromatic nitrogens is 1. The first-order valence-electron chi connectivity index (χ1n) is 7.67. The third-order valence-electron chi connectivity index (χ3n) is 4.07. The van der Waals surface area contributed by atoms with Gasteiger partial charge in [-0.15, -0.1) is 0 Å². The normalized spacial score (nSPS) is 11.2. The average Bonchev–Trinajstić information content (AvgIpc) is 3.21. The second-order valence-corrected chi connectivity index (χ2v) is 5.60. The van der Waals surface area contributed by atoms with E-state index in [1.54, 1.807) is 0 Å².